The van der Waals surface area contributed by atoms with E-state index in [1.165, 1.54) is 31.4 Å². The number of ether oxygens (including phenoxy) is 1. The summed E-state index contributed by atoms with van der Waals surface area (Å²) in [5, 5.41) is 8.94. The number of amides is 2. The van der Waals surface area contributed by atoms with E-state index >= 15 is 4.39 Å². The van der Waals surface area contributed by atoms with Crippen LogP contribution in [0.3, 0.4) is 0 Å². The van der Waals surface area contributed by atoms with Crippen LogP contribution in [0.5, 0.6) is 5.75 Å². The van der Waals surface area contributed by atoms with Crippen molar-refractivity contribution in [2.75, 3.05) is 37.4 Å². The zero-order valence-electron chi connectivity index (χ0n) is 21.2. The van der Waals surface area contributed by atoms with Gasteiger partial charge in [0.2, 0.25) is 0 Å². The third kappa shape index (κ3) is 5.40. The van der Waals surface area contributed by atoms with Crippen LogP contribution in [0.4, 0.5) is 15.8 Å². The average molecular weight is 545 g/mol. The molecule has 39 heavy (non-hydrogen) atoms. The number of hydrogen-bond donors (Lipinski definition) is 3. The fourth-order valence-electron chi connectivity index (χ4n) is 4.47. The minimum absolute atomic E-state index is 0.0478. The van der Waals surface area contributed by atoms with Crippen molar-refractivity contribution in [2.24, 2.45) is 0 Å². The molecule has 0 bridgehead atoms. The van der Waals surface area contributed by atoms with Crippen molar-refractivity contribution in [1.82, 2.24) is 10.2 Å². The SMILES string of the molecule is C#Cc1ccc(NC(=O)c2cc(Cl)cc(OC)c2NC(=O)c2ccc(C(=C3CCN3)N3CCC3)cc2F)cc1. The highest BCUT2D eigenvalue weighted by molar-refractivity contribution is 6.31. The van der Waals surface area contributed by atoms with Crippen LogP contribution in [0.15, 0.2) is 60.3 Å². The molecular formula is C30H26ClFN4O3. The quantitative estimate of drug-likeness (QED) is 0.350. The van der Waals surface area contributed by atoms with Crippen molar-refractivity contribution < 1.29 is 18.7 Å². The Morgan fingerprint density at radius 1 is 1.05 bits per heavy atom. The van der Waals surface area contributed by atoms with Crippen LogP contribution >= 0.6 is 11.6 Å². The number of halogens is 2. The summed E-state index contributed by atoms with van der Waals surface area (Å²) < 4.78 is 20.7. The van der Waals surface area contributed by atoms with Gasteiger partial charge >= 0.3 is 0 Å². The number of terminal acetylenes is 1. The van der Waals surface area contributed by atoms with E-state index in [1.807, 2.05) is 0 Å². The predicted octanol–water partition coefficient (Wildman–Crippen LogP) is 5.34. The number of nitrogens with one attached hydrogen (secondary N) is 3. The Kier molecular flexibility index (Phi) is 7.44. The summed E-state index contributed by atoms with van der Waals surface area (Å²) in [5.74, 6) is 0.719. The Morgan fingerprint density at radius 2 is 1.77 bits per heavy atom. The largest absolute Gasteiger partial charge is 0.494 e. The molecule has 2 aliphatic rings. The molecular weight excluding hydrogens is 519 g/mol. The third-order valence-electron chi connectivity index (χ3n) is 6.74. The number of carbonyl (C=O) groups is 2. The monoisotopic (exact) mass is 544 g/mol. The number of benzene rings is 3. The van der Waals surface area contributed by atoms with Crippen molar-refractivity contribution in [2.45, 2.75) is 12.8 Å². The van der Waals surface area contributed by atoms with Gasteiger partial charge in [-0.1, -0.05) is 23.6 Å². The molecule has 5 rings (SSSR count). The van der Waals surface area contributed by atoms with Gasteiger partial charge in [-0.2, -0.15) is 0 Å². The Bertz CT molecular complexity index is 1520. The number of anilines is 2. The number of methoxy groups -OCH3 is 1. The zero-order chi connectivity index (χ0) is 27.5. The van der Waals surface area contributed by atoms with Gasteiger partial charge in [0, 0.05) is 59.7 Å². The first-order valence-electron chi connectivity index (χ1n) is 12.5. The maximum absolute atomic E-state index is 15.3. The maximum Gasteiger partial charge on any atom is 0.258 e. The molecule has 198 valence electrons. The summed E-state index contributed by atoms with van der Waals surface area (Å²) in [4.78, 5) is 28.7. The first-order chi connectivity index (χ1) is 18.9. The molecule has 0 saturated carbocycles. The fourth-order valence-corrected chi connectivity index (χ4v) is 4.67. The smallest absolute Gasteiger partial charge is 0.258 e. The van der Waals surface area contributed by atoms with E-state index in [1.54, 1.807) is 30.3 Å². The minimum Gasteiger partial charge on any atom is -0.494 e. The van der Waals surface area contributed by atoms with Crippen molar-refractivity contribution in [3.63, 3.8) is 0 Å². The normalized spacial score (nSPS) is 15.2. The molecule has 9 heteroatoms. The summed E-state index contributed by atoms with van der Waals surface area (Å²) in [6, 6.07) is 14.1. The highest BCUT2D eigenvalue weighted by atomic mass is 35.5. The molecule has 0 atom stereocenters. The second kappa shape index (κ2) is 11.1. The molecule has 0 aromatic heterocycles. The lowest BCUT2D eigenvalue weighted by atomic mass is 9.99. The van der Waals surface area contributed by atoms with Crippen LogP contribution in [-0.2, 0) is 0 Å². The van der Waals surface area contributed by atoms with Crippen molar-refractivity contribution in [1.29, 1.82) is 0 Å². The lowest BCUT2D eigenvalue weighted by Crippen LogP contribution is -2.40. The van der Waals surface area contributed by atoms with Crippen LogP contribution < -0.4 is 20.7 Å². The molecule has 0 spiro atoms. The second-order valence-corrected chi connectivity index (χ2v) is 9.64. The molecule has 2 fully saturated rings. The van der Waals surface area contributed by atoms with Gasteiger partial charge in [-0.25, -0.2) is 4.39 Å². The van der Waals surface area contributed by atoms with Crippen molar-refractivity contribution >= 4 is 40.5 Å². The molecule has 2 amide bonds. The van der Waals surface area contributed by atoms with Crippen LogP contribution in [0.2, 0.25) is 5.02 Å². The van der Waals surface area contributed by atoms with E-state index in [2.05, 4.69) is 26.8 Å². The first-order valence-corrected chi connectivity index (χ1v) is 12.8. The second-order valence-electron chi connectivity index (χ2n) is 9.20. The highest BCUT2D eigenvalue weighted by Crippen LogP contribution is 2.35. The molecule has 0 aliphatic carbocycles. The molecule has 3 aromatic rings. The number of nitrogens with zero attached hydrogens (tertiary/aromatic N) is 1. The van der Waals surface area contributed by atoms with E-state index < -0.39 is 17.6 Å². The summed E-state index contributed by atoms with van der Waals surface area (Å²) in [5.41, 5.74) is 3.88. The average Bonchev–Trinajstić information content (AvgIpc) is 2.87. The molecule has 7 nitrogen and oxygen atoms in total. The summed E-state index contributed by atoms with van der Waals surface area (Å²) in [7, 11) is 1.39. The van der Waals surface area contributed by atoms with Crippen LogP contribution in [0, 0.1) is 18.2 Å². The van der Waals surface area contributed by atoms with Gasteiger partial charge in [0.15, 0.2) is 0 Å². The Balaban J connectivity index is 1.42. The molecule has 3 aromatic carbocycles. The molecule has 2 saturated heterocycles. The van der Waals surface area contributed by atoms with Crippen LogP contribution in [-0.4, -0.2) is 43.5 Å². The Hall–Kier alpha value is -4.48. The maximum atomic E-state index is 15.3. The fraction of sp³-hybridized carbons (Fsp3) is 0.200. The molecule has 3 N–H and O–H groups in total. The van der Waals surface area contributed by atoms with Gasteiger partial charge in [0.1, 0.15) is 11.6 Å². The van der Waals surface area contributed by atoms with E-state index in [-0.39, 0.29) is 27.6 Å². The van der Waals surface area contributed by atoms with Gasteiger partial charge in [-0.05, 0) is 48.9 Å². The van der Waals surface area contributed by atoms with E-state index in [0.717, 1.165) is 43.9 Å². The molecule has 0 unspecified atom stereocenters. The highest BCUT2D eigenvalue weighted by Gasteiger charge is 2.27. The number of hydrogen-bond acceptors (Lipinski definition) is 5. The minimum atomic E-state index is -0.730. The molecule has 0 radical (unpaired) electrons. The van der Waals surface area contributed by atoms with Gasteiger partial charge in [0.25, 0.3) is 11.8 Å². The van der Waals surface area contributed by atoms with Crippen molar-refractivity contribution in [3.05, 3.63) is 93.4 Å². The van der Waals surface area contributed by atoms with Gasteiger partial charge in [-0.15, -0.1) is 6.42 Å². The van der Waals surface area contributed by atoms with Crippen molar-refractivity contribution in [3.8, 4) is 18.1 Å². The lowest BCUT2D eigenvalue weighted by molar-refractivity contribution is 0.102. The zero-order valence-corrected chi connectivity index (χ0v) is 22.0. The number of rotatable bonds is 7. The third-order valence-corrected chi connectivity index (χ3v) is 6.96. The summed E-state index contributed by atoms with van der Waals surface area (Å²) in [6.07, 6.45) is 7.39. The predicted molar refractivity (Wildman–Crippen MR) is 150 cm³/mol. The van der Waals surface area contributed by atoms with E-state index in [9.17, 15) is 9.59 Å². The molecule has 2 aliphatic heterocycles. The topological polar surface area (TPSA) is 82.7 Å². The standard InChI is InChI=1S/C30H26ClFN4O3/c1-3-18-5-8-21(9-6-18)34-30(38)23-16-20(31)17-26(39-2)27(23)35-29(37)22-10-7-19(15-24(22)32)28(25-11-12-33-25)36-13-4-14-36/h1,5-10,15-17,33H,4,11-14H2,2H3,(H,34,38)(H,35,37). The summed E-state index contributed by atoms with van der Waals surface area (Å²) in [6.45, 7) is 2.73. The van der Waals surface area contributed by atoms with Crippen LogP contribution in [0.1, 0.15) is 44.7 Å². The van der Waals surface area contributed by atoms with Gasteiger partial charge in [0.05, 0.1) is 29.6 Å². The first kappa shape index (κ1) is 26.1. The lowest BCUT2D eigenvalue weighted by Gasteiger charge is -2.39. The number of carbonyl (C=O) groups excluding carboxylic acids is 2. The molecule has 2 heterocycles. The van der Waals surface area contributed by atoms with E-state index in [0.29, 0.717) is 16.8 Å². The number of likely N-dealkylation sites (tertiary alicyclic amines) is 1. The van der Waals surface area contributed by atoms with E-state index in [4.69, 9.17) is 22.8 Å². The summed E-state index contributed by atoms with van der Waals surface area (Å²) >= 11 is 6.23. The van der Waals surface area contributed by atoms with Gasteiger partial charge < -0.3 is 25.6 Å². The van der Waals surface area contributed by atoms with Gasteiger partial charge in [-0.3, -0.25) is 9.59 Å². The Labute approximate surface area is 231 Å². The Morgan fingerprint density at radius 3 is 2.33 bits per heavy atom. The van der Waals surface area contributed by atoms with Crippen LogP contribution in [0.25, 0.3) is 5.70 Å².